The third kappa shape index (κ3) is 3.06. The number of rotatable bonds is 4. The van der Waals surface area contributed by atoms with Crippen LogP contribution in [0.3, 0.4) is 0 Å². The lowest BCUT2D eigenvalue weighted by Gasteiger charge is -2.33. The van der Waals surface area contributed by atoms with Crippen molar-refractivity contribution in [2.75, 3.05) is 26.8 Å². The Morgan fingerprint density at radius 2 is 2.22 bits per heavy atom. The van der Waals surface area contributed by atoms with E-state index < -0.39 is 5.97 Å². The molecule has 0 bridgehead atoms. The molecule has 1 aromatic carbocycles. The number of nitrogens with zero attached hydrogens (tertiary/aromatic N) is 1. The number of ether oxygens (including phenoxy) is 2. The van der Waals surface area contributed by atoms with E-state index in [1.165, 1.54) is 11.1 Å². The predicted octanol–water partition coefficient (Wildman–Crippen LogP) is 2.76. The van der Waals surface area contributed by atoms with Crippen molar-refractivity contribution in [2.24, 2.45) is 0 Å². The van der Waals surface area contributed by atoms with E-state index in [1.54, 1.807) is 14.0 Å². The van der Waals surface area contributed by atoms with Crippen molar-refractivity contribution in [2.45, 2.75) is 32.2 Å². The van der Waals surface area contributed by atoms with Crippen LogP contribution in [0.5, 0.6) is 5.75 Å². The molecule has 1 heterocycles. The molecule has 124 valence electrons. The zero-order valence-corrected chi connectivity index (χ0v) is 13.7. The van der Waals surface area contributed by atoms with Crippen LogP contribution >= 0.6 is 0 Å². The summed E-state index contributed by atoms with van der Waals surface area (Å²) in [6, 6.07) is 6.47. The van der Waals surface area contributed by atoms with Gasteiger partial charge in [0.15, 0.2) is 0 Å². The van der Waals surface area contributed by atoms with E-state index in [-0.39, 0.29) is 11.8 Å². The molecule has 23 heavy (non-hydrogen) atoms. The van der Waals surface area contributed by atoms with Gasteiger partial charge in [0, 0.05) is 25.6 Å². The molecular weight excluding hydrogens is 294 g/mol. The molecule has 1 aliphatic heterocycles. The Hall–Kier alpha value is -2.01. The second-order valence-electron chi connectivity index (χ2n) is 5.99. The molecule has 1 unspecified atom stereocenters. The fraction of sp³-hybridized carbons (Fsp3) is 0.500. The third-order valence-electron chi connectivity index (χ3n) is 4.71. The predicted molar refractivity (Wildman–Crippen MR) is 86.5 cm³/mol. The smallest absolute Gasteiger partial charge is 0.338 e. The number of methoxy groups -OCH3 is 1. The number of benzene rings is 1. The van der Waals surface area contributed by atoms with Crippen LogP contribution in [0.2, 0.25) is 0 Å². The van der Waals surface area contributed by atoms with Gasteiger partial charge in [0.2, 0.25) is 0 Å². The molecule has 1 aliphatic carbocycles. The van der Waals surface area contributed by atoms with Crippen LogP contribution in [-0.4, -0.2) is 42.8 Å². The first kappa shape index (κ1) is 15.9. The first-order valence-corrected chi connectivity index (χ1v) is 8.13. The van der Waals surface area contributed by atoms with E-state index in [4.69, 9.17) is 9.47 Å². The topological polar surface area (TPSA) is 59.0 Å². The number of carbonyl (C=O) groups is 1. The maximum atomic E-state index is 12.0. The molecule has 5 heteroatoms. The van der Waals surface area contributed by atoms with E-state index in [0.29, 0.717) is 25.1 Å². The fourth-order valence-electron chi connectivity index (χ4n) is 3.51. The molecule has 0 aromatic heterocycles. The van der Waals surface area contributed by atoms with Crippen LogP contribution in [0, 0.1) is 0 Å². The molecule has 0 saturated carbocycles. The first-order valence-electron chi connectivity index (χ1n) is 8.13. The molecule has 1 aromatic rings. The fourth-order valence-corrected chi connectivity index (χ4v) is 3.51. The summed E-state index contributed by atoms with van der Waals surface area (Å²) in [5, 5.41) is 10.0. The zero-order chi connectivity index (χ0) is 16.4. The quantitative estimate of drug-likeness (QED) is 0.865. The van der Waals surface area contributed by atoms with Crippen molar-refractivity contribution in [3.63, 3.8) is 0 Å². The van der Waals surface area contributed by atoms with E-state index >= 15 is 0 Å². The molecule has 5 nitrogen and oxygen atoms in total. The minimum absolute atomic E-state index is 0.170. The maximum Gasteiger partial charge on any atom is 0.338 e. The lowest BCUT2D eigenvalue weighted by atomic mass is 10.0. The van der Waals surface area contributed by atoms with Gasteiger partial charge in [-0.1, -0.05) is 6.07 Å². The highest BCUT2D eigenvalue weighted by atomic mass is 16.5. The Morgan fingerprint density at radius 1 is 1.39 bits per heavy atom. The van der Waals surface area contributed by atoms with E-state index in [2.05, 4.69) is 17.0 Å². The van der Waals surface area contributed by atoms with Crippen molar-refractivity contribution in [3.05, 3.63) is 40.7 Å². The number of fused-ring (bicyclic) bond motifs is 1. The Morgan fingerprint density at radius 3 is 2.96 bits per heavy atom. The molecule has 3 rings (SSSR count). The van der Waals surface area contributed by atoms with Gasteiger partial charge in [-0.05, 0) is 43.0 Å². The normalized spacial score (nSPS) is 21.2. The van der Waals surface area contributed by atoms with Gasteiger partial charge < -0.3 is 14.6 Å². The maximum absolute atomic E-state index is 12.0. The molecule has 0 saturated heterocycles. The van der Waals surface area contributed by atoms with Crippen LogP contribution in [-0.2, 0) is 16.0 Å². The van der Waals surface area contributed by atoms with Crippen molar-refractivity contribution in [1.29, 1.82) is 0 Å². The van der Waals surface area contributed by atoms with Gasteiger partial charge in [0.05, 0.1) is 19.3 Å². The van der Waals surface area contributed by atoms with Gasteiger partial charge in [-0.15, -0.1) is 0 Å². The summed E-state index contributed by atoms with van der Waals surface area (Å²) in [6.07, 6.45) is 2.55. The SMILES string of the molecule is CCOC(=O)C1=C(O)CCN(C2CCc3ccc(OC)cc32)C1. The van der Waals surface area contributed by atoms with Crippen molar-refractivity contribution in [3.8, 4) is 5.75 Å². The van der Waals surface area contributed by atoms with Gasteiger partial charge in [-0.2, -0.15) is 0 Å². The number of aryl methyl sites for hydroxylation is 1. The van der Waals surface area contributed by atoms with E-state index in [1.807, 2.05) is 6.07 Å². The summed E-state index contributed by atoms with van der Waals surface area (Å²) in [6.45, 7) is 3.27. The number of esters is 1. The summed E-state index contributed by atoms with van der Waals surface area (Å²) in [5.74, 6) is 0.624. The van der Waals surface area contributed by atoms with Crippen LogP contribution in [0.25, 0.3) is 0 Å². The van der Waals surface area contributed by atoms with Gasteiger partial charge in [0.1, 0.15) is 11.5 Å². The zero-order valence-electron chi connectivity index (χ0n) is 13.7. The monoisotopic (exact) mass is 317 g/mol. The Labute approximate surface area is 136 Å². The number of aliphatic hydroxyl groups is 1. The van der Waals surface area contributed by atoms with Crippen molar-refractivity contribution >= 4 is 5.97 Å². The van der Waals surface area contributed by atoms with Gasteiger partial charge in [-0.3, -0.25) is 4.90 Å². The minimum atomic E-state index is -0.404. The lowest BCUT2D eigenvalue weighted by molar-refractivity contribution is -0.139. The molecule has 0 spiro atoms. The molecule has 1 N–H and O–H groups in total. The number of hydrogen-bond acceptors (Lipinski definition) is 5. The number of aliphatic hydroxyl groups excluding tert-OH is 1. The standard InChI is InChI=1S/C18H23NO4/c1-3-23-18(21)15-11-19(9-8-17(15)20)16-7-5-12-4-6-13(22-2)10-14(12)16/h4,6,10,16,20H,3,5,7-9,11H2,1-2H3. The molecule has 0 amide bonds. The van der Waals surface area contributed by atoms with Gasteiger partial charge >= 0.3 is 5.97 Å². The van der Waals surface area contributed by atoms with Crippen LogP contribution in [0.1, 0.15) is 36.9 Å². The van der Waals surface area contributed by atoms with Gasteiger partial charge in [0.25, 0.3) is 0 Å². The molecule has 2 aliphatic rings. The molecule has 0 radical (unpaired) electrons. The third-order valence-corrected chi connectivity index (χ3v) is 4.71. The number of carbonyl (C=O) groups excluding carboxylic acids is 1. The first-order chi connectivity index (χ1) is 11.1. The highest BCUT2D eigenvalue weighted by molar-refractivity contribution is 5.89. The van der Waals surface area contributed by atoms with E-state index in [9.17, 15) is 9.90 Å². The summed E-state index contributed by atoms with van der Waals surface area (Å²) in [5.41, 5.74) is 3.01. The highest BCUT2D eigenvalue weighted by Crippen LogP contribution is 2.39. The molecule has 0 fully saturated rings. The lowest BCUT2D eigenvalue weighted by Crippen LogP contribution is -2.37. The van der Waals surface area contributed by atoms with E-state index in [0.717, 1.165) is 25.1 Å². The highest BCUT2D eigenvalue weighted by Gasteiger charge is 2.33. The molecule has 1 atom stereocenters. The largest absolute Gasteiger partial charge is 0.512 e. The minimum Gasteiger partial charge on any atom is -0.512 e. The number of hydrogen-bond donors (Lipinski definition) is 1. The summed E-state index contributed by atoms with van der Waals surface area (Å²) in [4.78, 5) is 14.3. The van der Waals surface area contributed by atoms with Crippen LogP contribution < -0.4 is 4.74 Å². The molecular formula is C18H23NO4. The summed E-state index contributed by atoms with van der Waals surface area (Å²) >= 11 is 0. The second kappa shape index (κ2) is 6.62. The Balaban J connectivity index is 1.81. The van der Waals surface area contributed by atoms with Crippen molar-refractivity contribution < 1.29 is 19.4 Å². The summed E-state index contributed by atoms with van der Waals surface area (Å²) in [7, 11) is 1.67. The average molecular weight is 317 g/mol. The Kier molecular flexibility index (Phi) is 4.57. The Bertz CT molecular complexity index is 638. The summed E-state index contributed by atoms with van der Waals surface area (Å²) < 4.78 is 10.4. The van der Waals surface area contributed by atoms with Gasteiger partial charge in [-0.25, -0.2) is 4.79 Å². The second-order valence-corrected chi connectivity index (χ2v) is 5.99. The average Bonchev–Trinajstić information content (AvgIpc) is 2.98. The van der Waals surface area contributed by atoms with Crippen molar-refractivity contribution in [1.82, 2.24) is 4.90 Å². The van der Waals surface area contributed by atoms with Crippen LogP contribution in [0.15, 0.2) is 29.5 Å². The van der Waals surface area contributed by atoms with Crippen LogP contribution in [0.4, 0.5) is 0 Å².